The second kappa shape index (κ2) is 4.22. The molecular weight excluding hydrogens is 237 g/mol. The van der Waals surface area contributed by atoms with Gasteiger partial charge >= 0.3 is 7.12 Å². The lowest BCUT2D eigenvalue weighted by Crippen LogP contribution is -2.65. The smallest absolute Gasteiger partial charge is 0.404 e. The molecule has 0 radical (unpaired) electrons. The third-order valence-electron chi connectivity index (χ3n) is 6.06. The highest BCUT2D eigenvalue weighted by Gasteiger charge is 2.68. The predicted octanol–water partition coefficient (Wildman–Crippen LogP) is 2.63. The molecule has 4 fully saturated rings. The van der Waals surface area contributed by atoms with Gasteiger partial charge in [0.05, 0.1) is 11.7 Å². The molecule has 4 aliphatic rings. The van der Waals surface area contributed by atoms with E-state index in [0.717, 1.165) is 18.8 Å². The van der Waals surface area contributed by atoms with Gasteiger partial charge in [-0.15, -0.1) is 0 Å². The molecule has 0 amide bonds. The molecular formula is C15H28BNO2. The molecule has 1 aliphatic heterocycles. The molecule has 0 aromatic carbocycles. The summed E-state index contributed by atoms with van der Waals surface area (Å²) < 4.78 is 12.5. The van der Waals surface area contributed by atoms with Crippen LogP contribution in [0.25, 0.3) is 0 Å². The van der Waals surface area contributed by atoms with E-state index in [0.29, 0.717) is 17.3 Å². The summed E-state index contributed by atoms with van der Waals surface area (Å²) in [6.45, 7) is 11.4. The second-order valence-electron chi connectivity index (χ2n) is 8.13. The SMILES string of the molecule is CC(C)C[C@@H](N)B1O[C@@H]2C[C@@H]3CC(C3(C)C)[C@]2(C)O1. The maximum atomic E-state index is 6.35. The molecule has 19 heavy (non-hydrogen) atoms. The van der Waals surface area contributed by atoms with Crippen molar-refractivity contribution in [2.45, 2.75) is 71.5 Å². The van der Waals surface area contributed by atoms with Crippen molar-refractivity contribution in [3.05, 3.63) is 0 Å². The van der Waals surface area contributed by atoms with Crippen LogP contribution >= 0.6 is 0 Å². The molecule has 1 unspecified atom stereocenters. The van der Waals surface area contributed by atoms with E-state index < -0.39 is 0 Å². The quantitative estimate of drug-likeness (QED) is 0.798. The number of hydrogen-bond donors (Lipinski definition) is 1. The zero-order chi connectivity index (χ0) is 14.0. The van der Waals surface area contributed by atoms with E-state index in [1.165, 1.54) is 6.42 Å². The van der Waals surface area contributed by atoms with Gasteiger partial charge in [0.25, 0.3) is 0 Å². The van der Waals surface area contributed by atoms with Gasteiger partial charge in [0.15, 0.2) is 0 Å². The van der Waals surface area contributed by atoms with E-state index in [2.05, 4.69) is 34.6 Å². The molecule has 1 saturated heterocycles. The molecule has 0 aromatic heterocycles. The van der Waals surface area contributed by atoms with Gasteiger partial charge in [0, 0.05) is 5.94 Å². The maximum absolute atomic E-state index is 6.35. The Kier molecular flexibility index (Phi) is 3.09. The lowest BCUT2D eigenvalue weighted by Gasteiger charge is -2.64. The summed E-state index contributed by atoms with van der Waals surface area (Å²) in [4.78, 5) is 0. The third-order valence-corrected chi connectivity index (χ3v) is 6.06. The first-order valence-corrected chi connectivity index (χ1v) is 7.84. The highest BCUT2D eigenvalue weighted by atomic mass is 16.7. The van der Waals surface area contributed by atoms with Crippen LogP contribution in [0.1, 0.15) is 53.9 Å². The molecule has 2 N–H and O–H groups in total. The Labute approximate surface area is 117 Å². The fraction of sp³-hybridized carbons (Fsp3) is 1.00. The largest absolute Gasteiger partial charge is 0.475 e. The summed E-state index contributed by atoms with van der Waals surface area (Å²) in [5.41, 5.74) is 6.56. The molecule has 5 atom stereocenters. The number of rotatable bonds is 3. The minimum Gasteiger partial charge on any atom is -0.404 e. The van der Waals surface area contributed by atoms with E-state index >= 15 is 0 Å². The van der Waals surface area contributed by atoms with Crippen molar-refractivity contribution in [3.63, 3.8) is 0 Å². The lowest BCUT2D eigenvalue weighted by molar-refractivity contribution is -0.199. The first-order chi connectivity index (χ1) is 8.75. The molecule has 3 aliphatic carbocycles. The van der Waals surface area contributed by atoms with Crippen LogP contribution in [-0.4, -0.2) is 24.8 Å². The number of nitrogens with two attached hydrogens (primary N) is 1. The fourth-order valence-electron chi connectivity index (χ4n) is 4.74. The summed E-state index contributed by atoms with van der Waals surface area (Å²) in [5.74, 6) is 2.02. The first kappa shape index (κ1) is 13.9. The molecule has 0 spiro atoms. The topological polar surface area (TPSA) is 44.5 Å². The van der Waals surface area contributed by atoms with E-state index in [9.17, 15) is 0 Å². The van der Waals surface area contributed by atoms with E-state index in [4.69, 9.17) is 15.0 Å². The van der Waals surface area contributed by atoms with Crippen molar-refractivity contribution < 1.29 is 9.31 Å². The molecule has 0 aromatic rings. The van der Waals surface area contributed by atoms with Gasteiger partial charge in [-0.2, -0.15) is 0 Å². The average molecular weight is 265 g/mol. The van der Waals surface area contributed by atoms with Gasteiger partial charge in [0.1, 0.15) is 0 Å². The minimum atomic E-state index is -0.201. The Morgan fingerprint density at radius 3 is 2.53 bits per heavy atom. The van der Waals surface area contributed by atoms with Crippen LogP contribution in [0.5, 0.6) is 0 Å². The molecule has 1 heterocycles. The highest BCUT2D eigenvalue weighted by molar-refractivity contribution is 6.47. The van der Waals surface area contributed by atoms with Crippen molar-refractivity contribution in [3.8, 4) is 0 Å². The van der Waals surface area contributed by atoms with Gasteiger partial charge in [-0.1, -0.05) is 27.7 Å². The Balaban J connectivity index is 1.74. The van der Waals surface area contributed by atoms with E-state index in [-0.39, 0.29) is 24.8 Å². The summed E-state index contributed by atoms with van der Waals surface area (Å²) >= 11 is 0. The van der Waals surface area contributed by atoms with Gasteiger partial charge in [-0.3, -0.25) is 0 Å². The van der Waals surface area contributed by atoms with Crippen LogP contribution < -0.4 is 5.73 Å². The van der Waals surface area contributed by atoms with Crippen molar-refractivity contribution in [1.29, 1.82) is 0 Å². The molecule has 4 rings (SSSR count). The van der Waals surface area contributed by atoms with Gasteiger partial charge < -0.3 is 15.0 Å². The highest BCUT2D eigenvalue weighted by Crippen LogP contribution is 2.65. The van der Waals surface area contributed by atoms with Crippen molar-refractivity contribution >= 4 is 7.12 Å². The standard InChI is InChI=1S/C15H28BNO2/c1-9(2)6-13(17)16-18-12-8-10-7-11(14(10,3)4)15(12,5)19-16/h9-13H,6-8,17H2,1-5H3/t10-,11?,12+,13+,15-/m0/s1. The predicted molar refractivity (Wildman–Crippen MR) is 77.5 cm³/mol. The second-order valence-corrected chi connectivity index (χ2v) is 8.13. The van der Waals surface area contributed by atoms with Crippen molar-refractivity contribution in [2.75, 3.05) is 0 Å². The first-order valence-electron chi connectivity index (χ1n) is 7.84. The maximum Gasteiger partial charge on any atom is 0.475 e. The minimum absolute atomic E-state index is 0.00253. The zero-order valence-corrected chi connectivity index (χ0v) is 13.0. The zero-order valence-electron chi connectivity index (χ0n) is 13.0. The van der Waals surface area contributed by atoms with E-state index in [1.54, 1.807) is 0 Å². The van der Waals surface area contributed by atoms with Crippen molar-refractivity contribution in [2.24, 2.45) is 28.9 Å². The van der Waals surface area contributed by atoms with Crippen LogP contribution in [0.4, 0.5) is 0 Å². The monoisotopic (exact) mass is 265 g/mol. The molecule has 4 heteroatoms. The van der Waals surface area contributed by atoms with Gasteiger partial charge in [-0.25, -0.2) is 0 Å². The lowest BCUT2D eigenvalue weighted by atomic mass is 9.43. The van der Waals surface area contributed by atoms with Crippen LogP contribution in [0.2, 0.25) is 0 Å². The van der Waals surface area contributed by atoms with Crippen LogP contribution in [0.3, 0.4) is 0 Å². The van der Waals surface area contributed by atoms with Gasteiger partial charge in [0.2, 0.25) is 0 Å². The third kappa shape index (κ3) is 1.90. The normalized spacial score (nSPS) is 45.0. The Morgan fingerprint density at radius 2 is 1.95 bits per heavy atom. The molecule has 108 valence electrons. The van der Waals surface area contributed by atoms with Crippen molar-refractivity contribution in [1.82, 2.24) is 0 Å². The Bertz CT molecular complexity index is 373. The van der Waals surface area contributed by atoms with Crippen LogP contribution in [0, 0.1) is 23.2 Å². The number of hydrogen-bond acceptors (Lipinski definition) is 3. The van der Waals surface area contributed by atoms with Crippen LogP contribution in [0.15, 0.2) is 0 Å². The molecule has 2 bridgehead atoms. The summed E-state index contributed by atoms with van der Waals surface area (Å²) in [7, 11) is -0.201. The average Bonchev–Trinajstić information content (AvgIpc) is 2.64. The fourth-order valence-corrected chi connectivity index (χ4v) is 4.74. The Morgan fingerprint density at radius 1 is 1.26 bits per heavy atom. The van der Waals surface area contributed by atoms with Crippen LogP contribution in [-0.2, 0) is 9.31 Å². The summed E-state index contributed by atoms with van der Waals surface area (Å²) in [6, 6.07) is 0. The molecule has 3 saturated carbocycles. The van der Waals surface area contributed by atoms with E-state index in [1.807, 2.05) is 0 Å². The van der Waals surface area contributed by atoms with Gasteiger partial charge in [-0.05, 0) is 49.4 Å². The Hall–Kier alpha value is -0.0551. The summed E-state index contributed by atoms with van der Waals surface area (Å²) in [5, 5.41) is 0. The summed E-state index contributed by atoms with van der Waals surface area (Å²) in [6.07, 6.45) is 3.67. The molecule has 3 nitrogen and oxygen atoms in total.